The highest BCUT2D eigenvalue weighted by molar-refractivity contribution is 9.10. The molecule has 1 aliphatic rings. The lowest BCUT2D eigenvalue weighted by molar-refractivity contribution is -0.274. The van der Waals surface area contributed by atoms with Crippen LogP contribution < -0.4 is 10.1 Å². The molecule has 1 atom stereocenters. The Bertz CT molecular complexity index is 571. The molecule has 0 unspecified atom stereocenters. The van der Waals surface area contributed by atoms with Crippen molar-refractivity contribution in [3.63, 3.8) is 0 Å². The van der Waals surface area contributed by atoms with Gasteiger partial charge in [0, 0.05) is 30.7 Å². The Hall–Kier alpha value is -0.680. The van der Waals surface area contributed by atoms with Gasteiger partial charge in [-0.25, -0.2) is 8.78 Å². The standard InChI is InChI=1S/C14H16BrF5N2O2.ClH/c15-10-5-9(6-11(7-10)24-14(18,19)20)12(13(16,17)8-23)22-3-1-21-2-4-22;/h5-7,12,21,23H,1-4,8H2;1H/t12-;/m1./s1. The number of piperazine rings is 1. The van der Waals surface area contributed by atoms with Crippen molar-refractivity contribution in [2.75, 3.05) is 32.8 Å². The lowest BCUT2D eigenvalue weighted by Crippen LogP contribution is -2.51. The van der Waals surface area contributed by atoms with Crippen LogP contribution in [0.15, 0.2) is 22.7 Å². The first kappa shape index (κ1) is 22.4. The zero-order valence-corrected chi connectivity index (χ0v) is 15.2. The van der Waals surface area contributed by atoms with Crippen LogP contribution >= 0.6 is 28.3 Å². The van der Waals surface area contributed by atoms with Gasteiger partial charge in [-0.1, -0.05) is 15.9 Å². The second-order valence-corrected chi connectivity index (χ2v) is 6.29. The first-order chi connectivity index (χ1) is 11.1. The fourth-order valence-electron chi connectivity index (χ4n) is 2.68. The van der Waals surface area contributed by atoms with Gasteiger partial charge in [-0.05, 0) is 23.8 Å². The molecule has 1 aromatic rings. The highest BCUT2D eigenvalue weighted by atomic mass is 79.9. The molecule has 1 fully saturated rings. The zero-order valence-electron chi connectivity index (χ0n) is 12.8. The van der Waals surface area contributed by atoms with Crippen molar-refractivity contribution in [3.8, 4) is 5.75 Å². The maximum atomic E-state index is 14.3. The van der Waals surface area contributed by atoms with Gasteiger partial charge in [-0.3, -0.25) is 4.90 Å². The highest BCUT2D eigenvalue weighted by Crippen LogP contribution is 2.39. The number of hydrogen-bond donors (Lipinski definition) is 2. The largest absolute Gasteiger partial charge is 0.573 e. The summed E-state index contributed by atoms with van der Waals surface area (Å²) < 4.78 is 69.9. The van der Waals surface area contributed by atoms with Crippen molar-refractivity contribution < 1.29 is 31.8 Å². The van der Waals surface area contributed by atoms with Gasteiger partial charge in [-0.2, -0.15) is 0 Å². The minimum Gasteiger partial charge on any atom is -0.406 e. The van der Waals surface area contributed by atoms with Crippen LogP contribution in [0.5, 0.6) is 5.75 Å². The van der Waals surface area contributed by atoms with Gasteiger partial charge in [0.2, 0.25) is 0 Å². The smallest absolute Gasteiger partial charge is 0.406 e. The molecule has 1 aliphatic heterocycles. The first-order valence-corrected chi connectivity index (χ1v) is 7.91. The van der Waals surface area contributed by atoms with Gasteiger partial charge in [0.1, 0.15) is 18.4 Å². The van der Waals surface area contributed by atoms with Crippen LogP contribution in [0, 0.1) is 0 Å². The number of alkyl halides is 5. The van der Waals surface area contributed by atoms with Crippen molar-refractivity contribution in [2.24, 2.45) is 0 Å². The predicted molar refractivity (Wildman–Crippen MR) is 87.3 cm³/mol. The van der Waals surface area contributed by atoms with E-state index in [1.54, 1.807) is 0 Å². The van der Waals surface area contributed by atoms with E-state index in [-0.39, 0.29) is 35.5 Å². The molecule has 0 bridgehead atoms. The molecule has 0 amide bonds. The van der Waals surface area contributed by atoms with Crippen molar-refractivity contribution in [1.82, 2.24) is 10.2 Å². The molecule has 0 aromatic heterocycles. The maximum absolute atomic E-state index is 14.3. The number of hydrogen-bond acceptors (Lipinski definition) is 4. The third-order valence-corrected chi connectivity index (χ3v) is 4.03. The average Bonchev–Trinajstić information content (AvgIpc) is 2.46. The molecule has 2 rings (SSSR count). The molecule has 144 valence electrons. The van der Waals surface area contributed by atoms with Crippen LogP contribution in [0.25, 0.3) is 0 Å². The van der Waals surface area contributed by atoms with Crippen molar-refractivity contribution in [2.45, 2.75) is 18.3 Å². The molecule has 4 nitrogen and oxygen atoms in total. The van der Waals surface area contributed by atoms with Crippen LogP contribution in [0.1, 0.15) is 11.6 Å². The Kier molecular flexibility index (Phi) is 7.88. The van der Waals surface area contributed by atoms with Crippen LogP contribution in [-0.2, 0) is 0 Å². The Morgan fingerprint density at radius 1 is 1.16 bits per heavy atom. The summed E-state index contributed by atoms with van der Waals surface area (Å²) in [5.41, 5.74) is -0.0652. The minimum atomic E-state index is -4.93. The normalized spacial score (nSPS) is 17.7. The molecule has 0 radical (unpaired) electrons. The SMILES string of the molecule is Cl.OCC(F)(F)[C@@H](c1cc(Br)cc(OC(F)(F)F)c1)N1CCNCC1. The van der Waals surface area contributed by atoms with Crippen LogP contribution in [0.4, 0.5) is 22.0 Å². The summed E-state index contributed by atoms with van der Waals surface area (Å²) in [5.74, 6) is -4.12. The summed E-state index contributed by atoms with van der Waals surface area (Å²) in [6.45, 7) is 0.0872. The Labute approximate surface area is 155 Å². The monoisotopic (exact) mass is 454 g/mol. The quantitative estimate of drug-likeness (QED) is 0.669. The van der Waals surface area contributed by atoms with E-state index >= 15 is 0 Å². The molecule has 0 spiro atoms. The van der Waals surface area contributed by atoms with E-state index in [0.29, 0.717) is 13.1 Å². The van der Waals surface area contributed by atoms with Crippen molar-refractivity contribution in [3.05, 3.63) is 28.2 Å². The molecule has 1 aromatic carbocycles. The molecule has 0 saturated carbocycles. The van der Waals surface area contributed by atoms with E-state index in [2.05, 4.69) is 26.0 Å². The molecule has 1 saturated heterocycles. The molecular weight excluding hydrogens is 439 g/mol. The molecule has 2 N–H and O–H groups in total. The summed E-state index contributed by atoms with van der Waals surface area (Å²) in [6, 6.07) is 1.72. The summed E-state index contributed by atoms with van der Waals surface area (Å²) in [7, 11) is 0. The molecule has 1 heterocycles. The van der Waals surface area contributed by atoms with Crippen LogP contribution in [0.3, 0.4) is 0 Å². The van der Waals surface area contributed by atoms with Gasteiger partial charge in [0.05, 0.1) is 0 Å². The first-order valence-electron chi connectivity index (χ1n) is 7.12. The molecular formula is C14H17BrClF5N2O2. The predicted octanol–water partition coefficient (Wildman–Crippen LogP) is 3.34. The van der Waals surface area contributed by atoms with E-state index in [1.165, 1.54) is 11.0 Å². The molecule has 0 aliphatic carbocycles. The number of halogens is 7. The number of aliphatic hydroxyl groups is 1. The third-order valence-electron chi connectivity index (χ3n) is 3.57. The van der Waals surface area contributed by atoms with Crippen molar-refractivity contribution in [1.29, 1.82) is 0 Å². The Morgan fingerprint density at radius 2 is 1.76 bits per heavy atom. The lowest BCUT2D eigenvalue weighted by atomic mass is 9.98. The van der Waals surface area contributed by atoms with E-state index < -0.39 is 30.7 Å². The van der Waals surface area contributed by atoms with Gasteiger partial charge in [0.25, 0.3) is 5.92 Å². The minimum absolute atomic E-state index is 0. The number of nitrogens with one attached hydrogen (secondary N) is 1. The molecule has 25 heavy (non-hydrogen) atoms. The number of rotatable bonds is 5. The highest BCUT2D eigenvalue weighted by Gasteiger charge is 2.44. The van der Waals surface area contributed by atoms with Gasteiger partial charge in [0.15, 0.2) is 0 Å². The average molecular weight is 456 g/mol. The van der Waals surface area contributed by atoms with Crippen LogP contribution in [-0.4, -0.2) is 55.1 Å². The fourth-order valence-corrected chi connectivity index (χ4v) is 3.17. The summed E-state index contributed by atoms with van der Waals surface area (Å²) >= 11 is 3.02. The Balaban J connectivity index is 0.00000312. The van der Waals surface area contributed by atoms with E-state index in [0.717, 1.165) is 12.1 Å². The second-order valence-electron chi connectivity index (χ2n) is 5.38. The van der Waals surface area contributed by atoms with Crippen molar-refractivity contribution >= 4 is 28.3 Å². The zero-order chi connectivity index (χ0) is 18.0. The summed E-state index contributed by atoms with van der Waals surface area (Å²) in [5, 5.41) is 12.1. The number of benzene rings is 1. The lowest BCUT2D eigenvalue weighted by Gasteiger charge is -2.38. The maximum Gasteiger partial charge on any atom is 0.573 e. The van der Waals surface area contributed by atoms with E-state index in [4.69, 9.17) is 5.11 Å². The summed E-state index contributed by atoms with van der Waals surface area (Å²) in [6.07, 6.45) is -4.93. The van der Waals surface area contributed by atoms with Gasteiger partial charge in [-0.15, -0.1) is 25.6 Å². The molecule has 11 heteroatoms. The Morgan fingerprint density at radius 3 is 2.28 bits per heavy atom. The third kappa shape index (κ3) is 6.21. The number of ether oxygens (including phenoxy) is 1. The number of aliphatic hydroxyl groups excluding tert-OH is 1. The van der Waals surface area contributed by atoms with E-state index in [1.807, 2.05) is 0 Å². The van der Waals surface area contributed by atoms with Gasteiger partial charge < -0.3 is 15.2 Å². The second kappa shape index (κ2) is 8.81. The fraction of sp³-hybridized carbons (Fsp3) is 0.571. The van der Waals surface area contributed by atoms with E-state index in [9.17, 15) is 22.0 Å². The summed E-state index contributed by atoms with van der Waals surface area (Å²) in [4.78, 5) is 1.44. The topological polar surface area (TPSA) is 44.7 Å². The van der Waals surface area contributed by atoms with Gasteiger partial charge >= 0.3 is 6.36 Å². The van der Waals surface area contributed by atoms with Crippen LogP contribution in [0.2, 0.25) is 0 Å². The number of nitrogens with zero attached hydrogens (tertiary/aromatic N) is 1.